The fraction of sp³-hybridized carbons (Fsp3) is 0.467. The number of hydrogen-bond donors (Lipinski definition) is 0. The number of rotatable bonds is 6. The van der Waals surface area contributed by atoms with Crippen molar-refractivity contribution in [3.05, 3.63) is 35.7 Å². The van der Waals surface area contributed by atoms with E-state index >= 15 is 0 Å². The van der Waals surface area contributed by atoms with Crippen molar-refractivity contribution in [1.82, 2.24) is 14.4 Å². The third-order valence-corrected chi connectivity index (χ3v) is 5.77. The van der Waals surface area contributed by atoms with Gasteiger partial charge in [-0.15, -0.1) is 0 Å². The second-order valence-corrected chi connectivity index (χ2v) is 8.00. The van der Waals surface area contributed by atoms with Crippen LogP contribution in [0.15, 0.2) is 28.8 Å². The van der Waals surface area contributed by atoms with E-state index in [0.29, 0.717) is 5.56 Å². The molecule has 1 aliphatic rings. The molecule has 2 aromatic rings. The summed E-state index contributed by atoms with van der Waals surface area (Å²) >= 11 is 0. The molecule has 0 N–H and O–H groups in total. The highest BCUT2D eigenvalue weighted by molar-refractivity contribution is 7.89. The van der Waals surface area contributed by atoms with E-state index < -0.39 is 22.1 Å². The van der Waals surface area contributed by atoms with Gasteiger partial charge in [-0.05, 0) is 25.3 Å². The van der Waals surface area contributed by atoms with E-state index in [4.69, 9.17) is 0 Å². The maximum atomic E-state index is 12.5. The Morgan fingerprint density at radius 1 is 1.24 bits per heavy atom. The maximum Gasteiger partial charge on any atom is 0.471 e. The molecule has 6 nitrogen and oxygen atoms in total. The lowest BCUT2D eigenvalue weighted by Gasteiger charge is -2.21. The van der Waals surface area contributed by atoms with Crippen LogP contribution in [-0.4, -0.2) is 34.7 Å². The van der Waals surface area contributed by atoms with Crippen LogP contribution in [-0.2, 0) is 22.7 Å². The summed E-state index contributed by atoms with van der Waals surface area (Å²) in [7, 11) is -3.30. The smallest absolute Gasteiger partial charge is 0.329 e. The lowest BCUT2D eigenvalue weighted by Crippen LogP contribution is -2.33. The van der Waals surface area contributed by atoms with Crippen LogP contribution in [0.5, 0.6) is 0 Å². The molecule has 0 amide bonds. The highest BCUT2D eigenvalue weighted by Crippen LogP contribution is 2.32. The van der Waals surface area contributed by atoms with Crippen molar-refractivity contribution in [2.75, 3.05) is 5.75 Å². The third kappa shape index (κ3) is 4.01. The van der Waals surface area contributed by atoms with Gasteiger partial charge < -0.3 is 4.52 Å². The molecule has 0 bridgehead atoms. The van der Waals surface area contributed by atoms with Gasteiger partial charge in [0.1, 0.15) is 0 Å². The van der Waals surface area contributed by atoms with Gasteiger partial charge in [-0.25, -0.2) is 8.42 Å². The summed E-state index contributed by atoms with van der Waals surface area (Å²) in [5.41, 5.74) is 1.10. The Hall–Kier alpha value is -1.94. The Kier molecular flexibility index (Phi) is 4.58. The molecule has 0 saturated heterocycles. The number of nitrogens with zero attached hydrogens (tertiary/aromatic N) is 3. The standard InChI is InChI=1S/C15H16F3N3O3S/c1-2-25(22,23)21(12-7-8-12)9-10-3-5-11(6-4-10)13-19-14(24-20-13)15(16,17)18/h3-6,12H,2,7-9H2,1H3. The lowest BCUT2D eigenvalue weighted by molar-refractivity contribution is -0.159. The molecule has 136 valence electrons. The molecule has 1 heterocycles. The minimum Gasteiger partial charge on any atom is -0.329 e. The first-order valence-corrected chi connectivity index (χ1v) is 9.31. The van der Waals surface area contributed by atoms with Crippen molar-refractivity contribution in [2.45, 2.75) is 38.5 Å². The largest absolute Gasteiger partial charge is 0.471 e. The van der Waals surface area contributed by atoms with E-state index in [1.807, 2.05) is 0 Å². The number of benzene rings is 1. The SMILES string of the molecule is CCS(=O)(=O)N(Cc1ccc(-c2noc(C(F)(F)F)n2)cc1)C1CC1. The second kappa shape index (κ2) is 6.41. The molecule has 0 spiro atoms. The number of aromatic nitrogens is 2. The van der Waals surface area contributed by atoms with Crippen LogP contribution >= 0.6 is 0 Å². The van der Waals surface area contributed by atoms with Crippen molar-refractivity contribution in [3.8, 4) is 11.4 Å². The molecule has 3 rings (SSSR count). The molecule has 1 fully saturated rings. The zero-order valence-corrected chi connectivity index (χ0v) is 14.1. The predicted octanol–water partition coefficient (Wildman–Crippen LogP) is 3.07. The molecule has 1 aromatic carbocycles. The highest BCUT2D eigenvalue weighted by Gasteiger charge is 2.38. The van der Waals surface area contributed by atoms with Gasteiger partial charge in [0, 0.05) is 18.2 Å². The first kappa shape index (κ1) is 17.9. The molecule has 0 atom stereocenters. The Morgan fingerprint density at radius 2 is 1.88 bits per heavy atom. The Balaban J connectivity index is 1.77. The van der Waals surface area contributed by atoms with Crippen molar-refractivity contribution in [2.24, 2.45) is 0 Å². The monoisotopic (exact) mass is 375 g/mol. The van der Waals surface area contributed by atoms with E-state index in [0.717, 1.165) is 18.4 Å². The third-order valence-electron chi connectivity index (χ3n) is 3.90. The van der Waals surface area contributed by atoms with Crippen LogP contribution in [0.3, 0.4) is 0 Å². The first-order valence-electron chi connectivity index (χ1n) is 7.70. The van der Waals surface area contributed by atoms with Crippen LogP contribution in [0, 0.1) is 0 Å². The van der Waals surface area contributed by atoms with Gasteiger partial charge in [0.25, 0.3) is 0 Å². The summed E-state index contributed by atoms with van der Waals surface area (Å²) in [5.74, 6) is -1.54. The van der Waals surface area contributed by atoms with E-state index in [1.54, 1.807) is 31.2 Å². The fourth-order valence-corrected chi connectivity index (χ4v) is 3.72. The molecule has 1 aliphatic carbocycles. The number of alkyl halides is 3. The average Bonchev–Trinajstić information content (AvgIpc) is 3.26. The first-order chi connectivity index (χ1) is 11.7. The molecule has 10 heteroatoms. The average molecular weight is 375 g/mol. The molecule has 1 aromatic heterocycles. The fourth-order valence-electron chi connectivity index (χ4n) is 2.38. The van der Waals surface area contributed by atoms with E-state index in [1.165, 1.54) is 4.31 Å². The number of halogens is 3. The molecule has 0 unspecified atom stereocenters. The van der Waals surface area contributed by atoms with Gasteiger partial charge in [0.2, 0.25) is 15.8 Å². The van der Waals surface area contributed by atoms with Crippen molar-refractivity contribution < 1.29 is 26.1 Å². The molecular formula is C15H16F3N3O3S. The zero-order chi connectivity index (χ0) is 18.2. The Labute approximate surface area is 142 Å². The van der Waals surface area contributed by atoms with Gasteiger partial charge in [-0.3, -0.25) is 0 Å². The normalized spacial score (nSPS) is 15.7. The van der Waals surface area contributed by atoms with Gasteiger partial charge in [-0.2, -0.15) is 22.5 Å². The van der Waals surface area contributed by atoms with Gasteiger partial charge in [0.15, 0.2) is 0 Å². The van der Waals surface area contributed by atoms with Crippen molar-refractivity contribution >= 4 is 10.0 Å². The van der Waals surface area contributed by atoms with Crippen LogP contribution in [0.1, 0.15) is 31.2 Å². The molecule has 1 saturated carbocycles. The quantitative estimate of drug-likeness (QED) is 0.776. The van der Waals surface area contributed by atoms with Crippen molar-refractivity contribution in [3.63, 3.8) is 0 Å². The summed E-state index contributed by atoms with van der Waals surface area (Å²) in [6.45, 7) is 1.84. The number of hydrogen-bond acceptors (Lipinski definition) is 5. The minimum atomic E-state index is -4.69. The highest BCUT2D eigenvalue weighted by atomic mass is 32.2. The lowest BCUT2D eigenvalue weighted by atomic mass is 10.1. The summed E-state index contributed by atoms with van der Waals surface area (Å²) in [4.78, 5) is 3.32. The summed E-state index contributed by atoms with van der Waals surface area (Å²) in [5, 5.41) is 3.32. The summed E-state index contributed by atoms with van der Waals surface area (Å²) in [6.07, 6.45) is -2.99. The predicted molar refractivity (Wildman–Crippen MR) is 82.8 cm³/mol. The van der Waals surface area contributed by atoms with Crippen molar-refractivity contribution in [1.29, 1.82) is 0 Å². The Bertz CT molecular complexity index is 843. The maximum absolute atomic E-state index is 12.5. The molecule has 0 radical (unpaired) electrons. The summed E-state index contributed by atoms with van der Waals surface area (Å²) < 4.78 is 67.5. The van der Waals surface area contributed by atoms with E-state index in [2.05, 4.69) is 14.7 Å². The molecule has 0 aliphatic heterocycles. The van der Waals surface area contributed by atoms with E-state index in [-0.39, 0.29) is 24.2 Å². The zero-order valence-electron chi connectivity index (χ0n) is 13.3. The molecule has 25 heavy (non-hydrogen) atoms. The second-order valence-electron chi connectivity index (χ2n) is 5.79. The Morgan fingerprint density at radius 3 is 2.36 bits per heavy atom. The minimum absolute atomic E-state index is 0.0324. The van der Waals surface area contributed by atoms with Gasteiger partial charge >= 0.3 is 12.1 Å². The topological polar surface area (TPSA) is 76.3 Å². The summed E-state index contributed by atoms with van der Waals surface area (Å²) in [6, 6.07) is 6.43. The van der Waals surface area contributed by atoms with Crippen LogP contribution < -0.4 is 0 Å². The van der Waals surface area contributed by atoms with Crippen LogP contribution in [0.2, 0.25) is 0 Å². The molecular weight excluding hydrogens is 359 g/mol. The van der Waals surface area contributed by atoms with Crippen LogP contribution in [0.4, 0.5) is 13.2 Å². The van der Waals surface area contributed by atoms with Gasteiger partial charge in [-0.1, -0.05) is 29.4 Å². The van der Waals surface area contributed by atoms with Crippen LogP contribution in [0.25, 0.3) is 11.4 Å². The van der Waals surface area contributed by atoms with E-state index in [9.17, 15) is 21.6 Å². The van der Waals surface area contributed by atoms with Gasteiger partial charge in [0.05, 0.1) is 5.75 Å². The number of sulfonamides is 1.